The molecule has 1 saturated heterocycles. The predicted molar refractivity (Wildman–Crippen MR) is 137 cm³/mol. The Morgan fingerprint density at radius 1 is 1.03 bits per heavy atom. The van der Waals surface area contributed by atoms with Gasteiger partial charge in [0.05, 0.1) is 23.1 Å². The maximum Gasteiger partial charge on any atom is 0.410 e. The Bertz CT molecular complexity index is 1330. The molecule has 0 aliphatic carbocycles. The number of carbonyl (C=O) groups excluding carboxylic acids is 2. The van der Waals surface area contributed by atoms with Gasteiger partial charge in [0.2, 0.25) is 5.95 Å². The van der Waals surface area contributed by atoms with Crippen molar-refractivity contribution in [1.82, 2.24) is 14.9 Å². The third-order valence-electron chi connectivity index (χ3n) is 5.66. The molecule has 1 fully saturated rings. The molecule has 3 aromatic rings. The average Bonchev–Trinajstić information content (AvgIpc) is 2.87. The second-order valence-electron chi connectivity index (χ2n) is 9.48. The van der Waals surface area contributed by atoms with E-state index in [1.807, 2.05) is 25.7 Å². The van der Waals surface area contributed by atoms with Crippen LogP contribution in [0, 0.1) is 10.1 Å². The lowest BCUT2D eigenvalue weighted by molar-refractivity contribution is -0.384. The van der Waals surface area contributed by atoms with Crippen molar-refractivity contribution in [3.63, 3.8) is 0 Å². The minimum Gasteiger partial charge on any atom is -0.465 e. The molecular weight excluding hydrogens is 480 g/mol. The molecule has 194 valence electrons. The molecular formula is C25H28N6O6. The number of piperazine rings is 1. The van der Waals surface area contributed by atoms with Gasteiger partial charge in [0.25, 0.3) is 5.69 Å². The minimum atomic E-state index is -0.575. The van der Waals surface area contributed by atoms with E-state index >= 15 is 0 Å². The van der Waals surface area contributed by atoms with Gasteiger partial charge in [0.1, 0.15) is 11.4 Å². The summed E-state index contributed by atoms with van der Waals surface area (Å²) in [5, 5.41) is 15.0. The van der Waals surface area contributed by atoms with Crippen molar-refractivity contribution in [1.29, 1.82) is 0 Å². The third-order valence-corrected chi connectivity index (χ3v) is 5.66. The van der Waals surface area contributed by atoms with Crippen molar-refractivity contribution in [3.8, 4) is 0 Å². The minimum absolute atomic E-state index is 0.0843. The summed E-state index contributed by atoms with van der Waals surface area (Å²) in [5.74, 6) is 0.352. The number of nitro groups is 1. The Hall–Kier alpha value is -4.48. The van der Waals surface area contributed by atoms with Crippen LogP contribution in [-0.2, 0) is 9.47 Å². The Balaban J connectivity index is 1.62. The van der Waals surface area contributed by atoms with Gasteiger partial charge in [-0.1, -0.05) is 0 Å². The van der Waals surface area contributed by atoms with Crippen LogP contribution in [0.1, 0.15) is 31.1 Å². The summed E-state index contributed by atoms with van der Waals surface area (Å²) in [7, 11) is 1.31. The molecule has 0 spiro atoms. The molecule has 12 heteroatoms. The quantitative estimate of drug-likeness (QED) is 0.304. The molecule has 37 heavy (non-hydrogen) atoms. The first kappa shape index (κ1) is 25.6. The van der Waals surface area contributed by atoms with Crippen molar-refractivity contribution >= 4 is 46.1 Å². The van der Waals surface area contributed by atoms with Gasteiger partial charge < -0.3 is 24.6 Å². The topological polar surface area (TPSA) is 140 Å². The van der Waals surface area contributed by atoms with Crippen LogP contribution in [0.5, 0.6) is 0 Å². The number of non-ortho nitro benzene ring substituents is 1. The van der Waals surface area contributed by atoms with E-state index in [1.165, 1.54) is 19.2 Å². The van der Waals surface area contributed by atoms with Gasteiger partial charge in [-0.05, 0) is 51.1 Å². The average molecular weight is 509 g/mol. The van der Waals surface area contributed by atoms with Gasteiger partial charge in [-0.3, -0.25) is 10.1 Å². The highest BCUT2D eigenvalue weighted by Gasteiger charge is 2.27. The van der Waals surface area contributed by atoms with E-state index in [-0.39, 0.29) is 11.8 Å². The van der Waals surface area contributed by atoms with E-state index in [4.69, 9.17) is 9.47 Å². The Labute approximate surface area is 213 Å². The number of benzene rings is 2. The Morgan fingerprint density at radius 2 is 1.70 bits per heavy atom. The van der Waals surface area contributed by atoms with E-state index in [9.17, 15) is 19.7 Å². The van der Waals surface area contributed by atoms with Gasteiger partial charge in [-0.25, -0.2) is 14.6 Å². The molecule has 0 unspecified atom stereocenters. The first-order valence-corrected chi connectivity index (χ1v) is 11.7. The number of fused-ring (bicyclic) bond motifs is 1. The lowest BCUT2D eigenvalue weighted by Crippen LogP contribution is -2.50. The molecule has 0 atom stereocenters. The molecule has 2 heterocycles. The molecule has 1 amide bonds. The zero-order valence-corrected chi connectivity index (χ0v) is 21.1. The van der Waals surface area contributed by atoms with Gasteiger partial charge in [0.15, 0.2) is 0 Å². The number of aromatic nitrogens is 2. The monoisotopic (exact) mass is 508 g/mol. The highest BCUT2D eigenvalue weighted by atomic mass is 16.6. The van der Waals surface area contributed by atoms with Crippen molar-refractivity contribution in [2.75, 3.05) is 43.5 Å². The predicted octanol–water partition coefficient (Wildman–Crippen LogP) is 4.13. The summed E-state index contributed by atoms with van der Waals surface area (Å²) in [6, 6.07) is 11.0. The van der Waals surface area contributed by atoms with Crippen LogP contribution in [0.25, 0.3) is 10.9 Å². The Morgan fingerprint density at radius 3 is 2.30 bits per heavy atom. The molecule has 0 saturated carbocycles. The van der Waals surface area contributed by atoms with Crippen molar-refractivity contribution < 1.29 is 24.0 Å². The number of nitro benzene ring substituents is 1. The highest BCUT2D eigenvalue weighted by molar-refractivity contribution is 5.94. The number of anilines is 3. The molecule has 12 nitrogen and oxygen atoms in total. The van der Waals surface area contributed by atoms with E-state index < -0.39 is 16.5 Å². The molecule has 0 bridgehead atoms. The number of nitrogens with zero attached hydrogens (tertiary/aromatic N) is 5. The summed E-state index contributed by atoms with van der Waals surface area (Å²) in [6.45, 7) is 7.34. The zero-order valence-electron chi connectivity index (χ0n) is 21.1. The van der Waals surface area contributed by atoms with E-state index in [1.54, 1.807) is 35.2 Å². The number of hydrogen-bond acceptors (Lipinski definition) is 10. The van der Waals surface area contributed by atoms with E-state index in [0.717, 1.165) is 0 Å². The van der Waals surface area contributed by atoms with Crippen LogP contribution in [0.3, 0.4) is 0 Å². The van der Waals surface area contributed by atoms with Gasteiger partial charge in [-0.2, -0.15) is 4.98 Å². The SMILES string of the molecule is COC(=O)c1ccc(Nc2nc(N3CCN(C(=O)OC(C)(C)C)CC3)nc3ccc([N+](=O)[O-])cc23)cc1. The lowest BCUT2D eigenvalue weighted by Gasteiger charge is -2.35. The largest absolute Gasteiger partial charge is 0.465 e. The van der Waals surface area contributed by atoms with E-state index in [2.05, 4.69) is 15.3 Å². The number of carbonyl (C=O) groups is 2. The lowest BCUT2D eigenvalue weighted by atomic mass is 10.2. The zero-order chi connectivity index (χ0) is 26.7. The fraction of sp³-hybridized carbons (Fsp3) is 0.360. The molecule has 1 aromatic heterocycles. The van der Waals surface area contributed by atoms with Crippen LogP contribution < -0.4 is 10.2 Å². The number of methoxy groups -OCH3 is 1. The molecule has 0 radical (unpaired) electrons. The fourth-order valence-corrected chi connectivity index (χ4v) is 3.81. The van der Waals surface area contributed by atoms with Crippen LogP contribution in [-0.4, -0.2) is 70.7 Å². The number of hydrogen-bond donors (Lipinski definition) is 1. The summed E-state index contributed by atoms with van der Waals surface area (Å²) < 4.78 is 10.2. The van der Waals surface area contributed by atoms with Gasteiger partial charge in [0, 0.05) is 49.4 Å². The summed E-state index contributed by atoms with van der Waals surface area (Å²) in [5.41, 5.74) is 0.880. The standard InChI is InChI=1S/C25H28N6O6/c1-25(2,3)37-24(33)30-13-11-29(12-14-30)23-27-20-10-9-18(31(34)35)15-19(20)21(28-23)26-17-7-5-16(6-8-17)22(32)36-4/h5-10,15H,11-14H2,1-4H3,(H,26,27,28). The fourth-order valence-electron chi connectivity index (χ4n) is 3.81. The second kappa shape index (κ2) is 10.2. The van der Waals surface area contributed by atoms with Crippen molar-refractivity contribution in [2.24, 2.45) is 0 Å². The first-order valence-electron chi connectivity index (χ1n) is 11.7. The highest BCUT2D eigenvalue weighted by Crippen LogP contribution is 2.30. The molecule has 2 aromatic carbocycles. The van der Waals surface area contributed by atoms with Gasteiger partial charge in [-0.15, -0.1) is 0 Å². The van der Waals surface area contributed by atoms with Crippen molar-refractivity contribution in [2.45, 2.75) is 26.4 Å². The number of esters is 1. The van der Waals surface area contributed by atoms with E-state index in [0.29, 0.717) is 60.1 Å². The maximum absolute atomic E-state index is 12.4. The summed E-state index contributed by atoms with van der Waals surface area (Å²) in [4.78, 5) is 48.0. The van der Waals surface area contributed by atoms with Crippen LogP contribution in [0.2, 0.25) is 0 Å². The first-order chi connectivity index (χ1) is 17.5. The number of amides is 1. The van der Waals surface area contributed by atoms with Crippen LogP contribution in [0.15, 0.2) is 42.5 Å². The van der Waals surface area contributed by atoms with Gasteiger partial charge >= 0.3 is 12.1 Å². The molecule has 4 rings (SSSR count). The summed E-state index contributed by atoms with van der Waals surface area (Å²) >= 11 is 0. The summed E-state index contributed by atoms with van der Waals surface area (Å²) in [6.07, 6.45) is -0.364. The third kappa shape index (κ3) is 6.02. The molecule has 1 N–H and O–H groups in total. The maximum atomic E-state index is 12.4. The Kier molecular flexibility index (Phi) is 7.09. The molecule has 1 aliphatic rings. The normalized spacial score (nSPS) is 13.8. The number of rotatable bonds is 5. The molecule has 1 aliphatic heterocycles. The van der Waals surface area contributed by atoms with Crippen molar-refractivity contribution in [3.05, 3.63) is 58.1 Å². The second-order valence-corrected chi connectivity index (χ2v) is 9.48. The number of ether oxygens (including phenoxy) is 2. The van der Waals surface area contributed by atoms with Crippen LogP contribution >= 0.6 is 0 Å². The van der Waals surface area contributed by atoms with Crippen LogP contribution in [0.4, 0.5) is 27.9 Å². The number of nitrogens with one attached hydrogen (secondary N) is 1. The smallest absolute Gasteiger partial charge is 0.410 e.